The van der Waals surface area contributed by atoms with E-state index in [0.29, 0.717) is 13.2 Å². The molecule has 1 unspecified atom stereocenters. The van der Waals surface area contributed by atoms with Crippen LogP contribution in [-0.2, 0) is 9.47 Å². The van der Waals surface area contributed by atoms with Crippen molar-refractivity contribution in [1.29, 1.82) is 0 Å². The molecule has 118 valence electrons. The van der Waals surface area contributed by atoms with Crippen molar-refractivity contribution in [1.82, 2.24) is 0 Å². The summed E-state index contributed by atoms with van der Waals surface area (Å²) in [6.07, 6.45) is 16.3. The molecule has 20 heavy (non-hydrogen) atoms. The highest BCUT2D eigenvalue weighted by Crippen LogP contribution is 2.13. The summed E-state index contributed by atoms with van der Waals surface area (Å²) in [6, 6.07) is 0. The van der Waals surface area contributed by atoms with Crippen molar-refractivity contribution < 1.29 is 9.47 Å². The molecule has 0 rings (SSSR count). The van der Waals surface area contributed by atoms with E-state index in [1.165, 1.54) is 64.2 Å². The van der Waals surface area contributed by atoms with Gasteiger partial charge in [0, 0.05) is 0 Å². The van der Waals surface area contributed by atoms with E-state index in [4.69, 9.17) is 16.6 Å². The fraction of sp³-hybridized carbons (Fsp3) is 0.833. The molecule has 0 spiro atoms. The van der Waals surface area contributed by atoms with Crippen LogP contribution >= 0.6 is 0 Å². The van der Waals surface area contributed by atoms with E-state index in [0.717, 1.165) is 6.42 Å². The monoisotopic (exact) mass is 282 g/mol. The lowest BCUT2D eigenvalue weighted by atomic mass is 10.0. The molecule has 0 bridgehead atoms. The van der Waals surface area contributed by atoms with Crippen LogP contribution in [0.1, 0.15) is 77.6 Å². The molecule has 2 heteroatoms. The first-order valence-electron chi connectivity index (χ1n) is 8.39. The summed E-state index contributed by atoms with van der Waals surface area (Å²) in [6.45, 7) is 7.01. The molecule has 0 aliphatic heterocycles. The van der Waals surface area contributed by atoms with E-state index >= 15 is 0 Å². The molecule has 2 radical (unpaired) electrons. The average Bonchev–Trinajstić information content (AvgIpc) is 2.47. The Balaban J connectivity index is 3.22. The van der Waals surface area contributed by atoms with Gasteiger partial charge in [0.2, 0.25) is 0 Å². The van der Waals surface area contributed by atoms with Crippen molar-refractivity contribution in [3.8, 4) is 0 Å². The van der Waals surface area contributed by atoms with Crippen LogP contribution in [0.5, 0.6) is 0 Å². The van der Waals surface area contributed by atoms with Crippen LogP contribution < -0.4 is 0 Å². The van der Waals surface area contributed by atoms with Crippen LogP contribution in [-0.4, -0.2) is 19.3 Å². The quantitative estimate of drug-likeness (QED) is 0.273. The molecule has 0 amide bonds. The van der Waals surface area contributed by atoms with E-state index < -0.39 is 0 Å². The third kappa shape index (κ3) is 14.1. The van der Waals surface area contributed by atoms with Crippen molar-refractivity contribution in [2.24, 2.45) is 0 Å². The minimum atomic E-state index is 0.0315. The molecule has 0 aromatic heterocycles. The number of hydrogen-bond acceptors (Lipinski definition) is 2. The van der Waals surface area contributed by atoms with Crippen LogP contribution in [0.15, 0.2) is 12.7 Å². The zero-order valence-corrected chi connectivity index (χ0v) is 13.4. The highest BCUT2D eigenvalue weighted by Gasteiger charge is 2.06. The number of rotatable bonds is 16. The molecule has 0 N–H and O–H groups in total. The zero-order valence-electron chi connectivity index (χ0n) is 13.4. The van der Waals surface area contributed by atoms with E-state index in [9.17, 15) is 0 Å². The van der Waals surface area contributed by atoms with Gasteiger partial charge in [0.05, 0.1) is 19.3 Å². The molecule has 2 nitrogen and oxygen atoms in total. The maximum absolute atomic E-state index is 5.36. The summed E-state index contributed by atoms with van der Waals surface area (Å²) in [5.74, 6) is 0. The summed E-state index contributed by atoms with van der Waals surface area (Å²) < 4.78 is 10.3. The molecule has 0 aromatic carbocycles. The normalized spacial score (nSPS) is 12.5. The van der Waals surface area contributed by atoms with Crippen molar-refractivity contribution in [2.45, 2.75) is 83.7 Å². The highest BCUT2D eigenvalue weighted by molar-refractivity contribution is 4.65. The van der Waals surface area contributed by atoms with Crippen LogP contribution in [0.4, 0.5) is 0 Å². The lowest BCUT2D eigenvalue weighted by Gasteiger charge is -2.14. The first-order valence-corrected chi connectivity index (χ1v) is 8.39. The predicted octanol–water partition coefficient (Wildman–Crippen LogP) is 5.55. The minimum Gasteiger partial charge on any atom is -0.375 e. The summed E-state index contributed by atoms with van der Waals surface area (Å²) in [4.78, 5) is 0. The van der Waals surface area contributed by atoms with Gasteiger partial charge in [-0.25, -0.2) is 0 Å². The van der Waals surface area contributed by atoms with Crippen molar-refractivity contribution in [3.63, 3.8) is 0 Å². The molecule has 1 atom stereocenters. The van der Waals surface area contributed by atoms with Gasteiger partial charge in [-0.15, -0.1) is 6.58 Å². The number of ether oxygens (including phenoxy) is 2. The van der Waals surface area contributed by atoms with Crippen molar-refractivity contribution in [2.75, 3.05) is 13.2 Å². The van der Waals surface area contributed by atoms with Crippen molar-refractivity contribution in [3.05, 3.63) is 19.8 Å². The summed E-state index contributed by atoms with van der Waals surface area (Å²) in [7, 11) is 5.27. The molecule has 0 aliphatic carbocycles. The average molecular weight is 282 g/mol. The van der Waals surface area contributed by atoms with Gasteiger partial charge in [-0.3, -0.25) is 0 Å². The van der Waals surface area contributed by atoms with E-state index in [1.54, 1.807) is 6.08 Å². The predicted molar refractivity (Wildman–Crippen MR) is 86.7 cm³/mol. The highest BCUT2D eigenvalue weighted by atomic mass is 16.5. The Kier molecular flexibility index (Phi) is 16.4. The first kappa shape index (κ1) is 19.7. The molecule has 0 aromatic rings. The maximum atomic E-state index is 5.36. The minimum absolute atomic E-state index is 0.0315. The van der Waals surface area contributed by atoms with Gasteiger partial charge < -0.3 is 9.47 Å². The second kappa shape index (κ2) is 16.7. The molecule has 0 heterocycles. The summed E-state index contributed by atoms with van der Waals surface area (Å²) in [5, 5.41) is 0. The van der Waals surface area contributed by atoms with E-state index in [1.807, 2.05) is 0 Å². The van der Waals surface area contributed by atoms with Gasteiger partial charge in [-0.2, -0.15) is 0 Å². The molecule has 0 aliphatic rings. The van der Waals surface area contributed by atoms with Gasteiger partial charge in [0.15, 0.2) is 0 Å². The Bertz CT molecular complexity index is 192. The van der Waals surface area contributed by atoms with Gasteiger partial charge >= 0.3 is 0 Å². The SMILES string of the molecule is [CH]OC(CCCCCCCCCCCC)COCC=C. The van der Waals surface area contributed by atoms with Gasteiger partial charge in [0.25, 0.3) is 0 Å². The van der Waals surface area contributed by atoms with Gasteiger partial charge in [-0.1, -0.05) is 77.2 Å². The summed E-state index contributed by atoms with van der Waals surface area (Å²) in [5.41, 5.74) is 0. The molecule has 0 saturated carbocycles. The smallest absolute Gasteiger partial charge is 0.116 e. The second-order valence-electron chi connectivity index (χ2n) is 5.55. The molecule has 0 fully saturated rings. The fourth-order valence-electron chi connectivity index (χ4n) is 2.33. The van der Waals surface area contributed by atoms with Crippen LogP contribution in [0.25, 0.3) is 0 Å². The van der Waals surface area contributed by atoms with E-state index in [-0.39, 0.29) is 6.10 Å². The molecule has 0 saturated heterocycles. The Morgan fingerprint density at radius 3 is 2.00 bits per heavy atom. The lowest BCUT2D eigenvalue weighted by molar-refractivity contribution is 0.0291. The molecular formula is C18H34O2. The Labute approximate surface area is 126 Å². The maximum Gasteiger partial charge on any atom is 0.116 e. The first-order chi connectivity index (χ1) is 9.85. The fourth-order valence-corrected chi connectivity index (χ4v) is 2.33. The third-order valence-corrected chi connectivity index (χ3v) is 3.61. The van der Waals surface area contributed by atoms with Crippen LogP contribution in [0.3, 0.4) is 0 Å². The number of unbranched alkanes of at least 4 members (excludes halogenated alkanes) is 9. The topological polar surface area (TPSA) is 18.5 Å². The van der Waals surface area contributed by atoms with Crippen LogP contribution in [0, 0.1) is 7.11 Å². The Morgan fingerprint density at radius 1 is 0.950 bits per heavy atom. The largest absolute Gasteiger partial charge is 0.375 e. The Hall–Kier alpha value is -0.340. The van der Waals surface area contributed by atoms with Gasteiger partial charge in [0.1, 0.15) is 7.11 Å². The lowest BCUT2D eigenvalue weighted by Crippen LogP contribution is -2.17. The Morgan fingerprint density at radius 2 is 1.50 bits per heavy atom. The van der Waals surface area contributed by atoms with E-state index in [2.05, 4.69) is 13.5 Å². The number of hydrogen-bond donors (Lipinski definition) is 0. The standard InChI is InChI=1S/C18H34O2/c1-4-6-7-8-9-10-11-12-13-14-15-18(19-3)17-20-16-5-2/h3,5,18H,2,4,6-17H2,1H3. The van der Waals surface area contributed by atoms with Crippen molar-refractivity contribution >= 4 is 0 Å². The summed E-state index contributed by atoms with van der Waals surface area (Å²) >= 11 is 0. The third-order valence-electron chi connectivity index (χ3n) is 3.61. The molecular weight excluding hydrogens is 248 g/mol. The zero-order chi connectivity index (χ0) is 14.9. The van der Waals surface area contributed by atoms with Gasteiger partial charge in [-0.05, 0) is 6.42 Å². The second-order valence-corrected chi connectivity index (χ2v) is 5.55. The van der Waals surface area contributed by atoms with Crippen LogP contribution in [0.2, 0.25) is 0 Å².